The van der Waals surface area contributed by atoms with Crippen LogP contribution in [-0.2, 0) is 11.2 Å². The van der Waals surface area contributed by atoms with Crippen LogP contribution in [0.25, 0.3) is 10.8 Å². The Morgan fingerprint density at radius 1 is 1.20 bits per heavy atom. The van der Waals surface area contributed by atoms with Gasteiger partial charge in [0, 0.05) is 0 Å². The molecule has 0 spiro atoms. The molecule has 0 aliphatic rings. The number of hydrogen-bond acceptors (Lipinski definition) is 1. The summed E-state index contributed by atoms with van der Waals surface area (Å²) in [6, 6.07) is 14.1. The lowest BCUT2D eigenvalue weighted by Crippen LogP contribution is -2.49. The number of hydrogen-bond donors (Lipinski definition) is 1. The van der Waals surface area contributed by atoms with Gasteiger partial charge in [-0.15, -0.1) is 11.6 Å². The highest BCUT2D eigenvalue weighted by molar-refractivity contribution is 6.21. The van der Waals surface area contributed by atoms with Crippen LogP contribution < -0.4 is 5.32 Å². The van der Waals surface area contributed by atoms with E-state index >= 15 is 0 Å². The van der Waals surface area contributed by atoms with Crippen LogP contribution in [0.4, 0.5) is 0 Å². The van der Waals surface area contributed by atoms with Gasteiger partial charge in [-0.3, -0.25) is 4.79 Å². The van der Waals surface area contributed by atoms with Gasteiger partial charge in [0.1, 0.15) is 0 Å². The van der Waals surface area contributed by atoms with E-state index in [-0.39, 0.29) is 11.3 Å². The summed E-state index contributed by atoms with van der Waals surface area (Å²) in [7, 11) is 0. The molecule has 3 heteroatoms. The molecule has 106 valence electrons. The molecule has 1 N–H and O–H groups in total. The molecule has 0 saturated heterocycles. The molecule has 2 aromatic carbocycles. The first-order valence-electron chi connectivity index (χ1n) is 6.82. The summed E-state index contributed by atoms with van der Waals surface area (Å²) < 4.78 is 0. The number of nitrogens with one attached hydrogen (secondary N) is 1. The molecule has 1 unspecified atom stereocenters. The van der Waals surface area contributed by atoms with E-state index in [2.05, 4.69) is 17.4 Å². The van der Waals surface area contributed by atoms with Crippen molar-refractivity contribution in [2.75, 3.05) is 0 Å². The van der Waals surface area contributed by atoms with E-state index in [1.807, 2.05) is 51.1 Å². The van der Waals surface area contributed by atoms with Crippen molar-refractivity contribution in [3.63, 3.8) is 0 Å². The van der Waals surface area contributed by atoms with Gasteiger partial charge < -0.3 is 5.32 Å². The maximum absolute atomic E-state index is 12.2. The summed E-state index contributed by atoms with van der Waals surface area (Å²) >= 11 is 6.10. The molecule has 0 aliphatic heterocycles. The summed E-state index contributed by atoms with van der Waals surface area (Å²) in [6.45, 7) is 5.76. The maximum atomic E-state index is 12.2. The monoisotopic (exact) mass is 289 g/mol. The molecule has 0 fully saturated rings. The Morgan fingerprint density at radius 3 is 2.55 bits per heavy atom. The van der Waals surface area contributed by atoms with Crippen molar-refractivity contribution in [2.24, 2.45) is 0 Å². The van der Waals surface area contributed by atoms with E-state index < -0.39 is 5.54 Å². The van der Waals surface area contributed by atoms with Gasteiger partial charge in [-0.1, -0.05) is 42.5 Å². The van der Waals surface area contributed by atoms with Crippen LogP contribution >= 0.6 is 11.6 Å². The number of carbonyl (C=O) groups is 1. The molecule has 0 aliphatic carbocycles. The van der Waals surface area contributed by atoms with E-state index in [0.29, 0.717) is 6.42 Å². The average Bonchev–Trinajstić information content (AvgIpc) is 2.38. The predicted octanol–water partition coefficient (Wildman–Crippen LogP) is 3.90. The number of alkyl halides is 1. The minimum absolute atomic E-state index is 0.00106. The van der Waals surface area contributed by atoms with Gasteiger partial charge >= 0.3 is 0 Å². The minimum Gasteiger partial charge on any atom is -0.349 e. The van der Waals surface area contributed by atoms with Gasteiger partial charge in [-0.2, -0.15) is 0 Å². The van der Waals surface area contributed by atoms with Crippen molar-refractivity contribution < 1.29 is 4.79 Å². The Balaban J connectivity index is 2.19. The second kappa shape index (κ2) is 5.84. The van der Waals surface area contributed by atoms with Gasteiger partial charge in [0.25, 0.3) is 0 Å². The van der Waals surface area contributed by atoms with E-state index in [4.69, 9.17) is 11.6 Å². The van der Waals surface area contributed by atoms with Gasteiger partial charge in [0.05, 0.1) is 17.3 Å². The Kier molecular flexibility index (Phi) is 4.34. The quantitative estimate of drug-likeness (QED) is 0.850. The highest BCUT2D eigenvalue weighted by atomic mass is 35.5. The average molecular weight is 290 g/mol. The van der Waals surface area contributed by atoms with Gasteiger partial charge in [0.15, 0.2) is 0 Å². The van der Waals surface area contributed by atoms with Crippen molar-refractivity contribution in [1.82, 2.24) is 5.32 Å². The molecule has 2 aromatic rings. The van der Waals surface area contributed by atoms with Gasteiger partial charge in [-0.25, -0.2) is 0 Å². The first-order valence-corrected chi connectivity index (χ1v) is 7.25. The Morgan fingerprint density at radius 2 is 1.85 bits per heavy atom. The van der Waals surface area contributed by atoms with Crippen LogP contribution in [-0.4, -0.2) is 16.8 Å². The fraction of sp³-hybridized carbons (Fsp3) is 0.353. The summed E-state index contributed by atoms with van der Waals surface area (Å²) in [4.78, 5) is 12.2. The van der Waals surface area contributed by atoms with Crippen molar-refractivity contribution in [1.29, 1.82) is 0 Å². The van der Waals surface area contributed by atoms with Crippen molar-refractivity contribution in [2.45, 2.75) is 38.1 Å². The minimum atomic E-state index is -0.413. The number of benzene rings is 2. The SMILES string of the molecule is CC(Cl)C(C)(C)NC(=O)Cc1cccc2ccccc12. The van der Waals surface area contributed by atoms with E-state index in [1.165, 1.54) is 0 Å². The second-order valence-electron chi connectivity index (χ2n) is 5.70. The number of fused-ring (bicyclic) bond motifs is 1. The highest BCUT2D eigenvalue weighted by Crippen LogP contribution is 2.20. The van der Waals surface area contributed by atoms with Crippen molar-refractivity contribution in [3.8, 4) is 0 Å². The molecule has 0 bridgehead atoms. The normalized spacial score (nSPS) is 13.2. The molecular weight excluding hydrogens is 270 g/mol. The van der Waals surface area contributed by atoms with Crippen molar-refractivity contribution >= 4 is 28.3 Å². The number of amides is 1. The first kappa shape index (κ1) is 14.9. The lowest BCUT2D eigenvalue weighted by Gasteiger charge is -2.29. The summed E-state index contributed by atoms with van der Waals surface area (Å²) in [5.74, 6) is -0.00106. The fourth-order valence-corrected chi connectivity index (χ4v) is 2.18. The molecule has 0 radical (unpaired) electrons. The van der Waals surface area contributed by atoms with Crippen LogP contribution in [0.3, 0.4) is 0 Å². The Hall–Kier alpha value is -1.54. The molecular formula is C17H20ClNO. The van der Waals surface area contributed by atoms with Crippen molar-refractivity contribution in [3.05, 3.63) is 48.0 Å². The molecule has 20 heavy (non-hydrogen) atoms. The number of carbonyl (C=O) groups excluding carboxylic acids is 1. The third-order valence-corrected chi connectivity index (χ3v) is 4.23. The smallest absolute Gasteiger partial charge is 0.224 e. The lowest BCUT2D eigenvalue weighted by molar-refractivity contribution is -0.122. The van der Waals surface area contributed by atoms with E-state index in [1.54, 1.807) is 0 Å². The molecule has 2 nitrogen and oxygen atoms in total. The predicted molar refractivity (Wildman–Crippen MR) is 85.2 cm³/mol. The molecule has 2 rings (SSSR count). The lowest BCUT2D eigenvalue weighted by atomic mass is 9.99. The zero-order chi connectivity index (χ0) is 14.8. The highest BCUT2D eigenvalue weighted by Gasteiger charge is 2.26. The van der Waals surface area contributed by atoms with Gasteiger partial charge in [0.2, 0.25) is 5.91 Å². The standard InChI is InChI=1S/C17H20ClNO/c1-12(18)17(2,3)19-16(20)11-14-9-6-8-13-7-4-5-10-15(13)14/h4-10,12H,11H2,1-3H3,(H,19,20). The summed E-state index contributed by atoms with van der Waals surface area (Å²) in [5, 5.41) is 5.15. The van der Waals surface area contributed by atoms with Crippen LogP contribution in [0.15, 0.2) is 42.5 Å². The Bertz CT molecular complexity index is 614. The molecule has 0 aromatic heterocycles. The maximum Gasteiger partial charge on any atom is 0.224 e. The van der Waals surface area contributed by atoms with Crippen LogP contribution in [0.5, 0.6) is 0 Å². The Labute approximate surface area is 125 Å². The first-order chi connectivity index (χ1) is 9.40. The van der Waals surface area contributed by atoms with Crippen LogP contribution in [0.2, 0.25) is 0 Å². The third kappa shape index (κ3) is 3.31. The zero-order valence-corrected chi connectivity index (χ0v) is 12.9. The summed E-state index contributed by atoms with van der Waals surface area (Å²) in [5.41, 5.74) is 0.627. The fourth-order valence-electron chi connectivity index (χ4n) is 2.12. The topological polar surface area (TPSA) is 29.1 Å². The van der Waals surface area contributed by atoms with E-state index in [9.17, 15) is 4.79 Å². The van der Waals surface area contributed by atoms with Crippen LogP contribution in [0, 0.1) is 0 Å². The molecule has 1 atom stereocenters. The number of rotatable bonds is 4. The van der Waals surface area contributed by atoms with E-state index in [0.717, 1.165) is 16.3 Å². The second-order valence-corrected chi connectivity index (χ2v) is 6.36. The molecule has 1 amide bonds. The van der Waals surface area contributed by atoms with Gasteiger partial charge in [-0.05, 0) is 37.1 Å². The molecule has 0 saturated carbocycles. The van der Waals surface area contributed by atoms with Crippen LogP contribution in [0.1, 0.15) is 26.3 Å². The largest absolute Gasteiger partial charge is 0.349 e. The molecule has 0 heterocycles. The zero-order valence-electron chi connectivity index (χ0n) is 12.1. The summed E-state index contributed by atoms with van der Waals surface area (Å²) in [6.07, 6.45) is 0.369. The third-order valence-electron chi connectivity index (χ3n) is 3.69. The number of halogens is 1.